The molecule has 0 saturated heterocycles. The van der Waals surface area contributed by atoms with Crippen LogP contribution >= 0.6 is 0 Å². The number of ether oxygens (including phenoxy) is 1. The number of benzene rings is 1. The Morgan fingerprint density at radius 2 is 2.06 bits per heavy atom. The topological polar surface area (TPSA) is 29.5 Å². The van der Waals surface area contributed by atoms with Crippen molar-refractivity contribution in [1.29, 1.82) is 0 Å². The van der Waals surface area contributed by atoms with Crippen LogP contribution in [0, 0.1) is 5.41 Å². The second kappa shape index (κ2) is 5.35. The molecule has 0 radical (unpaired) electrons. The summed E-state index contributed by atoms with van der Waals surface area (Å²) < 4.78 is 5.17. The van der Waals surface area contributed by atoms with Gasteiger partial charge in [0.05, 0.1) is 13.2 Å². The first kappa shape index (κ1) is 13.0. The van der Waals surface area contributed by atoms with E-state index >= 15 is 0 Å². The van der Waals surface area contributed by atoms with E-state index in [-0.39, 0.29) is 11.5 Å². The summed E-state index contributed by atoms with van der Waals surface area (Å²) in [5.41, 5.74) is 1.08. The average Bonchev–Trinajstić information content (AvgIpc) is 2.29. The lowest BCUT2D eigenvalue weighted by atomic mass is 9.81. The van der Waals surface area contributed by atoms with Crippen LogP contribution in [-0.2, 0) is 6.42 Å². The van der Waals surface area contributed by atoms with Crippen molar-refractivity contribution in [3.05, 3.63) is 29.8 Å². The summed E-state index contributed by atoms with van der Waals surface area (Å²) in [6.45, 7) is 6.30. The molecule has 16 heavy (non-hydrogen) atoms. The maximum atomic E-state index is 10.2. The van der Waals surface area contributed by atoms with Crippen LogP contribution in [0.25, 0.3) is 0 Å². The minimum atomic E-state index is -0.315. The summed E-state index contributed by atoms with van der Waals surface area (Å²) in [5, 5.41) is 10.2. The summed E-state index contributed by atoms with van der Waals surface area (Å²) in [7, 11) is 1.66. The zero-order chi connectivity index (χ0) is 12.2. The smallest absolute Gasteiger partial charge is 0.119 e. The van der Waals surface area contributed by atoms with E-state index in [1.54, 1.807) is 7.11 Å². The van der Waals surface area contributed by atoms with Gasteiger partial charge in [0.2, 0.25) is 0 Å². The Balaban J connectivity index is 2.72. The normalized spacial score (nSPS) is 13.6. The molecule has 1 unspecified atom stereocenters. The van der Waals surface area contributed by atoms with Crippen LogP contribution in [-0.4, -0.2) is 18.3 Å². The van der Waals surface area contributed by atoms with Crippen LogP contribution in [0.5, 0.6) is 5.75 Å². The predicted molar refractivity (Wildman–Crippen MR) is 66.8 cm³/mol. The van der Waals surface area contributed by atoms with E-state index in [4.69, 9.17) is 4.74 Å². The van der Waals surface area contributed by atoms with Crippen LogP contribution in [0.1, 0.15) is 32.8 Å². The van der Waals surface area contributed by atoms with E-state index in [9.17, 15) is 5.11 Å². The molecule has 90 valence electrons. The van der Waals surface area contributed by atoms with Crippen molar-refractivity contribution in [3.8, 4) is 5.75 Å². The van der Waals surface area contributed by atoms with Crippen molar-refractivity contribution in [2.24, 2.45) is 5.41 Å². The highest BCUT2D eigenvalue weighted by Gasteiger charge is 2.25. The van der Waals surface area contributed by atoms with Gasteiger partial charge in [-0.25, -0.2) is 0 Å². The second-order valence-electron chi connectivity index (χ2n) is 4.91. The van der Waals surface area contributed by atoms with Crippen molar-refractivity contribution in [3.63, 3.8) is 0 Å². The largest absolute Gasteiger partial charge is 0.497 e. The van der Waals surface area contributed by atoms with Crippen molar-refractivity contribution in [2.45, 2.75) is 39.7 Å². The van der Waals surface area contributed by atoms with E-state index < -0.39 is 0 Å². The molecular formula is C14H22O2. The lowest BCUT2D eigenvalue weighted by Crippen LogP contribution is -2.30. The van der Waals surface area contributed by atoms with E-state index in [0.29, 0.717) is 6.42 Å². The highest BCUT2D eigenvalue weighted by molar-refractivity contribution is 5.28. The van der Waals surface area contributed by atoms with Gasteiger partial charge in [0.25, 0.3) is 0 Å². The Bertz CT molecular complexity index is 331. The predicted octanol–water partition coefficient (Wildman–Crippen LogP) is 3.03. The first-order valence-electron chi connectivity index (χ1n) is 5.80. The summed E-state index contributed by atoms with van der Waals surface area (Å²) in [4.78, 5) is 0. The van der Waals surface area contributed by atoms with E-state index in [0.717, 1.165) is 17.7 Å². The molecule has 0 bridgehead atoms. The first-order chi connectivity index (χ1) is 7.49. The van der Waals surface area contributed by atoms with Gasteiger partial charge in [0.15, 0.2) is 0 Å². The van der Waals surface area contributed by atoms with Gasteiger partial charge in [-0.2, -0.15) is 0 Å². The molecule has 1 atom stereocenters. The zero-order valence-corrected chi connectivity index (χ0v) is 10.7. The van der Waals surface area contributed by atoms with Gasteiger partial charge in [0.1, 0.15) is 5.75 Å². The molecule has 0 aromatic heterocycles. The van der Waals surface area contributed by atoms with Gasteiger partial charge < -0.3 is 9.84 Å². The SMILES string of the molecule is CCC(C)(C)C(O)Cc1cccc(OC)c1. The molecule has 1 aromatic rings. The standard InChI is InChI=1S/C14H22O2/c1-5-14(2,3)13(15)10-11-7-6-8-12(9-11)16-4/h6-9,13,15H,5,10H2,1-4H3. The van der Waals surface area contributed by atoms with E-state index in [1.807, 2.05) is 24.3 Å². The van der Waals surface area contributed by atoms with E-state index in [1.165, 1.54) is 0 Å². The molecule has 0 fully saturated rings. The summed E-state index contributed by atoms with van der Waals surface area (Å²) in [6, 6.07) is 7.88. The molecule has 1 rings (SSSR count). The van der Waals surface area contributed by atoms with Gasteiger partial charge >= 0.3 is 0 Å². The van der Waals surface area contributed by atoms with Crippen LogP contribution in [0.3, 0.4) is 0 Å². The highest BCUT2D eigenvalue weighted by Crippen LogP contribution is 2.27. The zero-order valence-electron chi connectivity index (χ0n) is 10.7. The van der Waals surface area contributed by atoms with Crippen LogP contribution < -0.4 is 4.74 Å². The Hall–Kier alpha value is -1.02. The third-order valence-electron chi connectivity index (χ3n) is 3.38. The number of hydrogen-bond acceptors (Lipinski definition) is 2. The summed E-state index contributed by atoms with van der Waals surface area (Å²) in [5.74, 6) is 0.846. The van der Waals surface area contributed by atoms with Gasteiger partial charge in [-0.05, 0) is 36.0 Å². The number of methoxy groups -OCH3 is 1. The fourth-order valence-corrected chi connectivity index (χ4v) is 1.53. The average molecular weight is 222 g/mol. The molecule has 0 aliphatic rings. The van der Waals surface area contributed by atoms with Gasteiger partial charge in [0, 0.05) is 0 Å². The van der Waals surface area contributed by atoms with Gasteiger partial charge in [-0.3, -0.25) is 0 Å². The number of hydrogen-bond donors (Lipinski definition) is 1. The van der Waals surface area contributed by atoms with Gasteiger partial charge in [-0.15, -0.1) is 0 Å². The van der Waals surface area contributed by atoms with E-state index in [2.05, 4.69) is 20.8 Å². The number of aliphatic hydroxyl groups excluding tert-OH is 1. The fraction of sp³-hybridized carbons (Fsp3) is 0.571. The molecule has 0 aliphatic carbocycles. The molecule has 1 N–H and O–H groups in total. The van der Waals surface area contributed by atoms with Crippen molar-refractivity contribution in [1.82, 2.24) is 0 Å². The quantitative estimate of drug-likeness (QED) is 0.829. The minimum Gasteiger partial charge on any atom is -0.497 e. The van der Waals surface area contributed by atoms with Crippen molar-refractivity contribution in [2.75, 3.05) is 7.11 Å². The van der Waals surface area contributed by atoms with Crippen LogP contribution in [0.15, 0.2) is 24.3 Å². The lowest BCUT2D eigenvalue weighted by Gasteiger charge is -2.29. The Morgan fingerprint density at radius 1 is 1.38 bits per heavy atom. The van der Waals surface area contributed by atoms with Crippen molar-refractivity contribution >= 4 is 0 Å². The minimum absolute atomic E-state index is 0.0386. The molecule has 0 aliphatic heterocycles. The molecule has 0 spiro atoms. The molecular weight excluding hydrogens is 200 g/mol. The van der Waals surface area contributed by atoms with Crippen molar-refractivity contribution < 1.29 is 9.84 Å². The molecule has 1 aromatic carbocycles. The lowest BCUT2D eigenvalue weighted by molar-refractivity contribution is 0.0479. The highest BCUT2D eigenvalue weighted by atomic mass is 16.5. The fourth-order valence-electron chi connectivity index (χ4n) is 1.53. The Labute approximate surface area is 98.3 Å². The number of aliphatic hydroxyl groups is 1. The molecule has 0 saturated carbocycles. The first-order valence-corrected chi connectivity index (χ1v) is 5.80. The number of rotatable bonds is 5. The maximum absolute atomic E-state index is 10.2. The maximum Gasteiger partial charge on any atom is 0.119 e. The monoisotopic (exact) mass is 222 g/mol. The third-order valence-corrected chi connectivity index (χ3v) is 3.38. The Morgan fingerprint density at radius 3 is 2.62 bits per heavy atom. The third kappa shape index (κ3) is 3.24. The summed E-state index contributed by atoms with van der Waals surface area (Å²) >= 11 is 0. The molecule has 2 nitrogen and oxygen atoms in total. The Kier molecular flexibility index (Phi) is 4.36. The summed E-state index contributed by atoms with van der Waals surface area (Å²) in [6.07, 6.45) is 1.33. The van der Waals surface area contributed by atoms with Crippen LogP contribution in [0.2, 0.25) is 0 Å². The molecule has 0 amide bonds. The van der Waals surface area contributed by atoms with Gasteiger partial charge in [-0.1, -0.05) is 32.9 Å². The second-order valence-corrected chi connectivity index (χ2v) is 4.91. The molecule has 2 heteroatoms. The van der Waals surface area contributed by atoms with Crippen LogP contribution in [0.4, 0.5) is 0 Å². The molecule has 0 heterocycles.